The Hall–Kier alpha value is -3.79. The zero-order chi connectivity index (χ0) is 22.5. The van der Waals surface area contributed by atoms with Gasteiger partial charge in [-0.25, -0.2) is 5.43 Å². The first kappa shape index (κ1) is 21.4. The molecule has 0 aliphatic heterocycles. The number of hydrazone groups is 1. The first-order valence-electron chi connectivity index (χ1n) is 9.47. The van der Waals surface area contributed by atoms with Gasteiger partial charge in [-0.3, -0.25) is 4.79 Å². The van der Waals surface area contributed by atoms with Crippen LogP contribution in [0.5, 0.6) is 5.75 Å². The van der Waals surface area contributed by atoms with Gasteiger partial charge in [0.25, 0.3) is 0 Å². The number of nitrogens with one attached hydrogen (secondary N) is 1. The maximum Gasteiger partial charge on any atom is 0.307 e. The van der Waals surface area contributed by atoms with Crippen molar-refractivity contribution in [2.24, 2.45) is 5.10 Å². The van der Waals surface area contributed by atoms with Crippen molar-refractivity contribution in [3.05, 3.63) is 99.2 Å². The molecule has 0 saturated heterocycles. The fourth-order valence-electron chi connectivity index (χ4n) is 3.01. The highest BCUT2D eigenvalue weighted by Crippen LogP contribution is 2.34. The maximum atomic E-state index is 12.3. The highest BCUT2D eigenvalue weighted by molar-refractivity contribution is 6.37. The minimum atomic E-state index is -0.481. The first-order chi connectivity index (χ1) is 15.5. The summed E-state index contributed by atoms with van der Waals surface area (Å²) in [4.78, 5) is 12.3. The zero-order valence-corrected chi connectivity index (χ0v) is 18.0. The van der Waals surface area contributed by atoms with Crippen molar-refractivity contribution < 1.29 is 13.9 Å². The molecule has 0 bridgehead atoms. The van der Waals surface area contributed by atoms with Crippen molar-refractivity contribution in [1.82, 2.24) is 5.43 Å². The number of fused-ring (bicyclic) bond motifs is 1. The number of hydrogen-bond acceptors (Lipinski definition) is 5. The Morgan fingerprint density at radius 1 is 1.09 bits per heavy atom. The molecule has 32 heavy (non-hydrogen) atoms. The van der Waals surface area contributed by atoms with Gasteiger partial charge in [0.2, 0.25) is 0 Å². The molecule has 8 heteroatoms. The van der Waals surface area contributed by atoms with E-state index in [0.29, 0.717) is 22.5 Å². The Labute approximate surface area is 193 Å². The van der Waals surface area contributed by atoms with Gasteiger partial charge in [-0.1, -0.05) is 59.6 Å². The molecule has 0 atom stereocenters. The van der Waals surface area contributed by atoms with Crippen LogP contribution < -0.4 is 10.2 Å². The summed E-state index contributed by atoms with van der Waals surface area (Å²) >= 11 is 12.6. The van der Waals surface area contributed by atoms with E-state index in [-0.39, 0.29) is 22.4 Å². The van der Waals surface area contributed by atoms with Gasteiger partial charge in [-0.2, -0.15) is 10.4 Å². The van der Waals surface area contributed by atoms with Crippen molar-refractivity contribution in [2.75, 3.05) is 0 Å². The quantitative estimate of drug-likeness (QED) is 0.282. The van der Waals surface area contributed by atoms with E-state index in [1.54, 1.807) is 42.5 Å². The molecule has 1 aromatic heterocycles. The molecule has 0 radical (unpaired) electrons. The normalized spacial score (nSPS) is 10.9. The molecule has 0 unspecified atom stereocenters. The molecule has 0 spiro atoms. The average molecular weight is 464 g/mol. The number of rotatable bonds is 6. The molecule has 4 aromatic rings. The second kappa shape index (κ2) is 9.56. The lowest BCUT2D eigenvalue weighted by atomic mass is 10.1. The Bertz CT molecular complexity index is 1320. The fourth-order valence-corrected chi connectivity index (χ4v) is 3.62. The summed E-state index contributed by atoms with van der Waals surface area (Å²) in [5.74, 6) is -0.0314. The third-order valence-electron chi connectivity index (χ3n) is 4.56. The number of halogens is 2. The summed E-state index contributed by atoms with van der Waals surface area (Å²) in [6.45, 7) is 0.143. The molecule has 1 amide bonds. The lowest BCUT2D eigenvalue weighted by Crippen LogP contribution is -2.16. The predicted octanol–water partition coefficient (Wildman–Crippen LogP) is 5.95. The minimum Gasteiger partial charge on any atom is -0.486 e. The Morgan fingerprint density at radius 2 is 1.81 bits per heavy atom. The molecule has 3 aromatic carbocycles. The number of nitrogens with zero attached hydrogens (tertiary/aromatic N) is 2. The smallest absolute Gasteiger partial charge is 0.307 e. The molecule has 4 rings (SSSR count). The molecule has 1 N–H and O–H groups in total. The summed E-state index contributed by atoms with van der Waals surface area (Å²) < 4.78 is 11.2. The van der Waals surface area contributed by atoms with E-state index in [0.717, 1.165) is 10.9 Å². The van der Waals surface area contributed by atoms with Crippen LogP contribution in [0.25, 0.3) is 11.0 Å². The Kier molecular flexibility index (Phi) is 6.41. The van der Waals surface area contributed by atoms with Gasteiger partial charge in [0.15, 0.2) is 11.5 Å². The third-order valence-corrected chi connectivity index (χ3v) is 5.12. The standard InChI is InChI=1S/C24H15Cl2N3O3/c25-19-9-15(10-20(26)23(19)31-14-18-7-2-1-6-17(18)12-27)13-28-29-24(30)22-11-16-5-3-4-8-21(16)32-22/h1-11,13H,14H2,(H,29,30)/b28-13+. The van der Waals surface area contributed by atoms with E-state index >= 15 is 0 Å². The number of hydrogen-bond donors (Lipinski definition) is 1. The second-order valence-corrected chi connectivity index (χ2v) is 7.53. The Balaban J connectivity index is 1.42. The Morgan fingerprint density at radius 3 is 2.56 bits per heavy atom. The van der Waals surface area contributed by atoms with Crippen LogP contribution >= 0.6 is 23.2 Å². The van der Waals surface area contributed by atoms with E-state index in [2.05, 4.69) is 16.6 Å². The van der Waals surface area contributed by atoms with E-state index < -0.39 is 5.91 Å². The number of carbonyl (C=O) groups excluding carboxylic acids is 1. The van der Waals surface area contributed by atoms with Crippen LogP contribution in [0.1, 0.15) is 27.2 Å². The van der Waals surface area contributed by atoms with Crippen LogP contribution in [-0.2, 0) is 6.61 Å². The van der Waals surface area contributed by atoms with Crippen molar-refractivity contribution in [2.45, 2.75) is 6.61 Å². The molecule has 0 aliphatic rings. The van der Waals surface area contributed by atoms with Crippen LogP contribution in [-0.4, -0.2) is 12.1 Å². The number of para-hydroxylation sites is 1. The van der Waals surface area contributed by atoms with Crippen molar-refractivity contribution in [1.29, 1.82) is 5.26 Å². The summed E-state index contributed by atoms with van der Waals surface area (Å²) in [6.07, 6.45) is 1.41. The monoisotopic (exact) mass is 463 g/mol. The highest BCUT2D eigenvalue weighted by atomic mass is 35.5. The number of ether oxygens (including phenoxy) is 1. The van der Waals surface area contributed by atoms with Crippen LogP contribution in [0.4, 0.5) is 0 Å². The van der Waals surface area contributed by atoms with Crippen LogP contribution in [0.15, 0.2) is 76.2 Å². The molecular weight excluding hydrogens is 449 g/mol. The molecular formula is C24H15Cl2N3O3. The largest absolute Gasteiger partial charge is 0.486 e. The summed E-state index contributed by atoms with van der Waals surface area (Å²) in [7, 11) is 0. The summed E-state index contributed by atoms with van der Waals surface area (Å²) in [6, 6.07) is 21.4. The molecule has 158 valence electrons. The molecule has 0 aliphatic carbocycles. The van der Waals surface area contributed by atoms with E-state index in [9.17, 15) is 10.1 Å². The lowest BCUT2D eigenvalue weighted by Gasteiger charge is -2.11. The van der Waals surface area contributed by atoms with Crippen molar-refractivity contribution in [3.8, 4) is 11.8 Å². The van der Waals surface area contributed by atoms with Gasteiger partial charge in [-0.15, -0.1) is 0 Å². The minimum absolute atomic E-state index is 0.143. The number of benzene rings is 3. The van der Waals surface area contributed by atoms with Gasteiger partial charge >= 0.3 is 5.91 Å². The van der Waals surface area contributed by atoms with E-state index in [1.165, 1.54) is 6.21 Å². The van der Waals surface area contributed by atoms with E-state index in [1.807, 2.05) is 24.3 Å². The zero-order valence-electron chi connectivity index (χ0n) is 16.5. The molecule has 6 nitrogen and oxygen atoms in total. The summed E-state index contributed by atoms with van der Waals surface area (Å²) in [5.41, 5.74) is 4.83. The lowest BCUT2D eigenvalue weighted by molar-refractivity contribution is 0.0929. The highest BCUT2D eigenvalue weighted by Gasteiger charge is 2.12. The first-order valence-corrected chi connectivity index (χ1v) is 10.2. The number of carbonyl (C=O) groups is 1. The van der Waals surface area contributed by atoms with Crippen molar-refractivity contribution >= 4 is 46.3 Å². The average Bonchev–Trinajstić information content (AvgIpc) is 3.23. The number of furan rings is 1. The van der Waals surface area contributed by atoms with Gasteiger partial charge in [-0.05, 0) is 35.9 Å². The molecule has 0 saturated carbocycles. The van der Waals surface area contributed by atoms with Crippen LogP contribution in [0, 0.1) is 11.3 Å². The molecule has 1 heterocycles. The SMILES string of the molecule is N#Cc1ccccc1COc1c(Cl)cc(/C=N/NC(=O)c2cc3ccccc3o2)cc1Cl. The van der Waals surface area contributed by atoms with Gasteiger partial charge in [0.05, 0.1) is 27.9 Å². The number of amides is 1. The third kappa shape index (κ3) is 4.75. The van der Waals surface area contributed by atoms with E-state index in [4.69, 9.17) is 32.4 Å². The topological polar surface area (TPSA) is 87.6 Å². The molecule has 0 fully saturated rings. The van der Waals surface area contributed by atoms with Gasteiger partial charge in [0.1, 0.15) is 12.2 Å². The maximum absolute atomic E-state index is 12.3. The van der Waals surface area contributed by atoms with Crippen molar-refractivity contribution in [3.63, 3.8) is 0 Å². The fraction of sp³-hybridized carbons (Fsp3) is 0.0417. The van der Waals surface area contributed by atoms with Crippen LogP contribution in [0.3, 0.4) is 0 Å². The van der Waals surface area contributed by atoms with Crippen LogP contribution in [0.2, 0.25) is 10.0 Å². The summed E-state index contributed by atoms with van der Waals surface area (Å²) in [5, 5.41) is 14.5. The van der Waals surface area contributed by atoms with Gasteiger partial charge < -0.3 is 9.15 Å². The van der Waals surface area contributed by atoms with Gasteiger partial charge in [0, 0.05) is 10.9 Å². The second-order valence-electron chi connectivity index (χ2n) is 6.72. The predicted molar refractivity (Wildman–Crippen MR) is 123 cm³/mol. The number of nitriles is 1.